The minimum Gasteiger partial charge on any atom is -0.467 e. The molecule has 0 aromatic carbocycles. The Morgan fingerprint density at radius 1 is 1.55 bits per heavy atom. The summed E-state index contributed by atoms with van der Waals surface area (Å²) in [6.07, 6.45) is 1.75. The van der Waals surface area contributed by atoms with Crippen molar-refractivity contribution in [2.75, 3.05) is 0 Å². The van der Waals surface area contributed by atoms with Gasteiger partial charge in [0.05, 0.1) is 30.2 Å². The molecule has 118 valence electrons. The number of nitrogens with two attached hydrogens (primary N) is 1. The van der Waals surface area contributed by atoms with Gasteiger partial charge in [-0.2, -0.15) is 0 Å². The van der Waals surface area contributed by atoms with Crippen LogP contribution in [0.3, 0.4) is 0 Å². The summed E-state index contributed by atoms with van der Waals surface area (Å²) in [6, 6.07) is 3.58. The summed E-state index contributed by atoms with van der Waals surface area (Å²) in [5.74, 6) is 0.234. The van der Waals surface area contributed by atoms with Crippen molar-refractivity contribution in [1.82, 2.24) is 10.3 Å². The fraction of sp³-hybridized carbons (Fsp3) is 0.357. The number of primary amides is 1. The number of thiazole rings is 1. The molecule has 6 nitrogen and oxygen atoms in total. The summed E-state index contributed by atoms with van der Waals surface area (Å²) in [6.45, 7) is 4.01. The number of rotatable bonds is 7. The van der Waals surface area contributed by atoms with Gasteiger partial charge in [0.25, 0.3) is 0 Å². The third kappa shape index (κ3) is 4.60. The van der Waals surface area contributed by atoms with Crippen LogP contribution in [-0.2, 0) is 22.6 Å². The number of furan rings is 1. The summed E-state index contributed by atoms with van der Waals surface area (Å²) in [5.41, 5.74) is 5.98. The number of amides is 2. The van der Waals surface area contributed by atoms with E-state index in [0.29, 0.717) is 12.3 Å². The van der Waals surface area contributed by atoms with Gasteiger partial charge in [0.15, 0.2) is 4.34 Å². The summed E-state index contributed by atoms with van der Waals surface area (Å²) < 4.78 is 5.92. The molecule has 0 bridgehead atoms. The highest BCUT2D eigenvalue weighted by molar-refractivity contribution is 8.02. The number of aromatic nitrogens is 1. The van der Waals surface area contributed by atoms with Gasteiger partial charge in [-0.15, -0.1) is 11.3 Å². The first kappa shape index (κ1) is 16.6. The first-order chi connectivity index (χ1) is 10.5. The van der Waals surface area contributed by atoms with Crippen molar-refractivity contribution in [1.29, 1.82) is 0 Å². The Morgan fingerprint density at radius 3 is 2.95 bits per heavy atom. The van der Waals surface area contributed by atoms with Crippen molar-refractivity contribution in [3.05, 3.63) is 34.7 Å². The van der Waals surface area contributed by atoms with E-state index in [1.165, 1.54) is 23.1 Å². The van der Waals surface area contributed by atoms with Gasteiger partial charge in [-0.1, -0.05) is 11.8 Å². The predicted molar refractivity (Wildman–Crippen MR) is 85.6 cm³/mol. The highest BCUT2D eigenvalue weighted by Gasteiger charge is 2.18. The number of nitrogens with one attached hydrogen (secondary N) is 1. The number of aryl methyl sites for hydroxylation is 1. The van der Waals surface area contributed by atoms with Gasteiger partial charge >= 0.3 is 0 Å². The molecule has 0 fully saturated rings. The highest BCUT2D eigenvalue weighted by atomic mass is 32.2. The van der Waals surface area contributed by atoms with E-state index in [1.807, 2.05) is 13.8 Å². The molecule has 0 aliphatic heterocycles. The van der Waals surface area contributed by atoms with E-state index in [1.54, 1.807) is 18.4 Å². The van der Waals surface area contributed by atoms with Gasteiger partial charge < -0.3 is 15.5 Å². The van der Waals surface area contributed by atoms with E-state index in [9.17, 15) is 9.59 Å². The molecule has 1 atom stereocenters. The van der Waals surface area contributed by atoms with Crippen LogP contribution in [0.4, 0.5) is 0 Å². The number of hydrogen-bond acceptors (Lipinski definition) is 6. The Hall–Kier alpha value is -1.80. The third-order valence-electron chi connectivity index (χ3n) is 2.87. The Kier molecular flexibility index (Phi) is 5.62. The zero-order valence-corrected chi connectivity index (χ0v) is 13.9. The maximum Gasteiger partial charge on any atom is 0.233 e. The molecule has 2 aromatic rings. The van der Waals surface area contributed by atoms with Gasteiger partial charge in [0.2, 0.25) is 11.8 Å². The average Bonchev–Trinajstić information content (AvgIpc) is 3.06. The molecule has 2 heterocycles. The summed E-state index contributed by atoms with van der Waals surface area (Å²) in [7, 11) is 0. The van der Waals surface area contributed by atoms with Crippen molar-refractivity contribution < 1.29 is 14.0 Å². The number of hydrogen-bond donors (Lipinski definition) is 2. The van der Waals surface area contributed by atoms with Gasteiger partial charge in [0, 0.05) is 4.88 Å². The van der Waals surface area contributed by atoms with Crippen molar-refractivity contribution in [3.8, 4) is 0 Å². The molecule has 2 amide bonds. The maximum absolute atomic E-state index is 12.0. The molecule has 3 N–H and O–H groups in total. The summed E-state index contributed by atoms with van der Waals surface area (Å²) in [5, 5.41) is 2.52. The molecule has 0 spiro atoms. The number of thioether (sulfide) groups is 1. The molecule has 2 aromatic heterocycles. The van der Waals surface area contributed by atoms with E-state index in [2.05, 4.69) is 10.3 Å². The van der Waals surface area contributed by atoms with Gasteiger partial charge in [-0.3, -0.25) is 9.59 Å². The Bertz CT molecular complexity index is 652. The van der Waals surface area contributed by atoms with Gasteiger partial charge in [-0.25, -0.2) is 4.98 Å². The van der Waals surface area contributed by atoms with Crippen molar-refractivity contribution >= 4 is 34.9 Å². The molecule has 8 heteroatoms. The first-order valence-electron chi connectivity index (χ1n) is 6.67. The van der Waals surface area contributed by atoms with Crippen LogP contribution in [0.5, 0.6) is 0 Å². The molecule has 0 unspecified atom stereocenters. The fourth-order valence-electron chi connectivity index (χ4n) is 1.71. The standard InChI is InChI=1S/C14H17N3O3S2/c1-8-11(6-12(15)18)22-14(17-8)21-9(2)13(19)16-7-10-4-3-5-20-10/h3-5,9H,6-7H2,1-2H3,(H2,15,18)(H,16,19)/t9-/m0/s1. The molecule has 0 aliphatic rings. The summed E-state index contributed by atoms with van der Waals surface area (Å²) in [4.78, 5) is 28.2. The van der Waals surface area contributed by atoms with Gasteiger partial charge in [0.1, 0.15) is 5.76 Å². The van der Waals surface area contributed by atoms with E-state index in [-0.39, 0.29) is 23.5 Å². The molecule has 2 rings (SSSR count). The second kappa shape index (κ2) is 7.46. The Morgan fingerprint density at radius 2 is 2.32 bits per heavy atom. The quantitative estimate of drug-likeness (QED) is 0.750. The number of carbonyl (C=O) groups is 2. The van der Waals surface area contributed by atoms with Crippen LogP contribution in [0.2, 0.25) is 0 Å². The Balaban J connectivity index is 1.89. The molecular formula is C14H17N3O3S2. The lowest BCUT2D eigenvalue weighted by atomic mass is 10.3. The third-order valence-corrected chi connectivity index (χ3v) is 5.22. The SMILES string of the molecule is Cc1nc(S[C@@H](C)C(=O)NCc2ccco2)sc1CC(N)=O. The zero-order chi connectivity index (χ0) is 16.1. The second-order valence-electron chi connectivity index (χ2n) is 4.69. The van der Waals surface area contributed by atoms with Crippen LogP contribution < -0.4 is 11.1 Å². The number of carbonyl (C=O) groups excluding carboxylic acids is 2. The van der Waals surface area contributed by atoms with Crippen LogP contribution in [0.25, 0.3) is 0 Å². The fourth-order valence-corrected chi connectivity index (χ4v) is 4.12. The van der Waals surface area contributed by atoms with Crippen LogP contribution in [0.15, 0.2) is 27.2 Å². The minimum absolute atomic E-state index is 0.0919. The molecule has 0 saturated heterocycles. The van der Waals surface area contributed by atoms with Gasteiger partial charge in [-0.05, 0) is 26.0 Å². The minimum atomic E-state index is -0.382. The molecule has 22 heavy (non-hydrogen) atoms. The van der Waals surface area contributed by atoms with E-state index >= 15 is 0 Å². The lowest BCUT2D eigenvalue weighted by molar-refractivity contribution is -0.120. The van der Waals surface area contributed by atoms with Crippen molar-refractivity contribution in [2.45, 2.75) is 36.4 Å². The maximum atomic E-state index is 12.0. The monoisotopic (exact) mass is 339 g/mol. The highest BCUT2D eigenvalue weighted by Crippen LogP contribution is 2.30. The molecule has 0 aliphatic carbocycles. The number of nitrogens with zero attached hydrogens (tertiary/aromatic N) is 1. The van der Waals surface area contributed by atoms with Crippen LogP contribution >= 0.6 is 23.1 Å². The molecule has 0 saturated carbocycles. The van der Waals surface area contributed by atoms with E-state index in [0.717, 1.165) is 14.9 Å². The normalized spacial score (nSPS) is 12.1. The van der Waals surface area contributed by atoms with Crippen molar-refractivity contribution in [2.24, 2.45) is 5.73 Å². The van der Waals surface area contributed by atoms with Crippen LogP contribution in [0.1, 0.15) is 23.3 Å². The lowest BCUT2D eigenvalue weighted by Crippen LogP contribution is -2.30. The van der Waals surface area contributed by atoms with E-state index in [4.69, 9.17) is 10.2 Å². The lowest BCUT2D eigenvalue weighted by Gasteiger charge is -2.09. The van der Waals surface area contributed by atoms with Crippen molar-refractivity contribution in [3.63, 3.8) is 0 Å². The first-order valence-corrected chi connectivity index (χ1v) is 8.36. The van der Waals surface area contributed by atoms with E-state index < -0.39 is 0 Å². The van der Waals surface area contributed by atoms with Crippen LogP contribution in [-0.4, -0.2) is 22.0 Å². The Labute approximate surface area is 136 Å². The van der Waals surface area contributed by atoms with Crippen LogP contribution in [0, 0.1) is 6.92 Å². The zero-order valence-electron chi connectivity index (χ0n) is 12.3. The largest absolute Gasteiger partial charge is 0.467 e. The molecule has 0 radical (unpaired) electrons. The summed E-state index contributed by atoms with van der Waals surface area (Å²) >= 11 is 2.77. The average molecular weight is 339 g/mol. The smallest absolute Gasteiger partial charge is 0.233 e. The predicted octanol–water partition coefficient (Wildman–Crippen LogP) is 1.87. The second-order valence-corrected chi connectivity index (χ2v) is 7.36. The topological polar surface area (TPSA) is 98.2 Å². The molecular weight excluding hydrogens is 322 g/mol.